The molecule has 1 aromatic rings. The summed E-state index contributed by atoms with van der Waals surface area (Å²) >= 11 is -0.00290. The molecule has 0 saturated carbocycles. The SMILES string of the molecule is COc1ccccc1[Te]C. The van der Waals surface area contributed by atoms with Gasteiger partial charge in [0, 0.05) is 0 Å². The van der Waals surface area contributed by atoms with Crippen molar-refractivity contribution in [1.29, 1.82) is 0 Å². The molecule has 0 unspecified atom stereocenters. The summed E-state index contributed by atoms with van der Waals surface area (Å²) < 4.78 is 6.57. The van der Waals surface area contributed by atoms with E-state index in [1.807, 2.05) is 12.1 Å². The summed E-state index contributed by atoms with van der Waals surface area (Å²) in [7, 11) is 1.72. The number of benzene rings is 1. The minimum atomic E-state index is -0.00290. The van der Waals surface area contributed by atoms with E-state index in [0.29, 0.717) is 0 Å². The van der Waals surface area contributed by atoms with Crippen molar-refractivity contribution in [3.8, 4) is 5.75 Å². The monoisotopic (exact) mass is 252 g/mol. The molecular weight excluding hydrogens is 240 g/mol. The fraction of sp³-hybridized carbons (Fsp3) is 0.250. The van der Waals surface area contributed by atoms with E-state index in [-0.39, 0.29) is 20.9 Å². The van der Waals surface area contributed by atoms with Crippen LogP contribution in [0.4, 0.5) is 0 Å². The van der Waals surface area contributed by atoms with Crippen molar-refractivity contribution < 1.29 is 4.74 Å². The molecule has 1 aromatic carbocycles. The second-order valence-electron chi connectivity index (χ2n) is 1.85. The van der Waals surface area contributed by atoms with Gasteiger partial charge >= 0.3 is 71.4 Å². The molecule has 54 valence electrons. The Bertz CT molecular complexity index is 187. The Morgan fingerprint density at radius 3 is 2.50 bits per heavy atom. The van der Waals surface area contributed by atoms with Gasteiger partial charge in [-0.05, 0) is 0 Å². The first-order valence-corrected chi connectivity index (χ1v) is 6.55. The Kier molecular flexibility index (Phi) is 3.05. The summed E-state index contributed by atoms with van der Waals surface area (Å²) in [6.45, 7) is 0. The topological polar surface area (TPSA) is 9.23 Å². The number of hydrogen-bond acceptors (Lipinski definition) is 1. The van der Waals surface area contributed by atoms with Crippen molar-refractivity contribution in [2.24, 2.45) is 0 Å². The van der Waals surface area contributed by atoms with Crippen molar-refractivity contribution in [2.45, 2.75) is 4.97 Å². The third-order valence-electron chi connectivity index (χ3n) is 1.29. The summed E-state index contributed by atoms with van der Waals surface area (Å²) in [5.74, 6) is 1.05. The van der Waals surface area contributed by atoms with E-state index in [4.69, 9.17) is 4.74 Å². The molecule has 0 radical (unpaired) electrons. The third kappa shape index (κ3) is 1.65. The molecule has 0 N–H and O–H groups in total. The molecule has 0 aliphatic heterocycles. The van der Waals surface area contributed by atoms with E-state index >= 15 is 0 Å². The zero-order valence-corrected chi connectivity index (χ0v) is 8.46. The molecule has 10 heavy (non-hydrogen) atoms. The first kappa shape index (κ1) is 7.91. The van der Waals surface area contributed by atoms with Gasteiger partial charge in [-0.3, -0.25) is 0 Å². The van der Waals surface area contributed by atoms with Crippen LogP contribution < -0.4 is 8.35 Å². The number of para-hydroxylation sites is 1. The molecule has 0 heterocycles. The van der Waals surface area contributed by atoms with Gasteiger partial charge < -0.3 is 0 Å². The van der Waals surface area contributed by atoms with Gasteiger partial charge in [0.05, 0.1) is 0 Å². The van der Waals surface area contributed by atoms with E-state index < -0.39 is 0 Å². The van der Waals surface area contributed by atoms with Crippen molar-refractivity contribution in [2.75, 3.05) is 7.11 Å². The molecule has 0 fully saturated rings. The average Bonchev–Trinajstić information content (AvgIpc) is 2.04. The Labute approximate surface area is 71.5 Å². The van der Waals surface area contributed by atoms with Crippen molar-refractivity contribution >= 4 is 24.5 Å². The molecule has 1 nitrogen and oxygen atoms in total. The quantitative estimate of drug-likeness (QED) is 0.713. The van der Waals surface area contributed by atoms with Gasteiger partial charge in [0.15, 0.2) is 0 Å². The molecule has 0 atom stereocenters. The standard InChI is InChI=1S/C8H10OTe/c1-9-7-5-3-4-6-8(7)10-2/h3-6H,1-2H3. The van der Waals surface area contributed by atoms with Crippen LogP contribution in [0.1, 0.15) is 0 Å². The van der Waals surface area contributed by atoms with Gasteiger partial charge in [0.25, 0.3) is 0 Å². The maximum atomic E-state index is 5.17. The molecule has 0 aliphatic rings. The second-order valence-corrected chi connectivity index (χ2v) is 4.28. The van der Waals surface area contributed by atoms with Crippen molar-refractivity contribution in [3.05, 3.63) is 24.3 Å². The molecule has 0 saturated heterocycles. The second kappa shape index (κ2) is 3.85. The Hall–Kier alpha value is -0.190. The molecule has 2 heteroatoms. The van der Waals surface area contributed by atoms with Crippen LogP contribution in [0.3, 0.4) is 0 Å². The maximum absolute atomic E-state index is 5.17. The number of methoxy groups -OCH3 is 1. The normalized spacial score (nSPS) is 9.40. The number of hydrogen-bond donors (Lipinski definition) is 0. The summed E-state index contributed by atoms with van der Waals surface area (Å²) in [5.41, 5.74) is 0. The van der Waals surface area contributed by atoms with Gasteiger partial charge in [0.2, 0.25) is 0 Å². The van der Waals surface area contributed by atoms with E-state index in [2.05, 4.69) is 17.1 Å². The molecular formula is C8H10OTe. The average molecular weight is 250 g/mol. The minimum absolute atomic E-state index is 0.00290. The molecule has 1 rings (SSSR count). The first-order valence-electron chi connectivity index (χ1n) is 3.05. The summed E-state index contributed by atoms with van der Waals surface area (Å²) in [6.07, 6.45) is 0. The predicted molar refractivity (Wildman–Crippen MR) is 44.2 cm³/mol. The van der Waals surface area contributed by atoms with Crippen LogP contribution >= 0.6 is 0 Å². The first-order chi connectivity index (χ1) is 4.88. The van der Waals surface area contributed by atoms with Crippen LogP contribution in [0.5, 0.6) is 5.75 Å². The molecule has 0 spiro atoms. The van der Waals surface area contributed by atoms with Gasteiger partial charge in [0.1, 0.15) is 0 Å². The van der Waals surface area contributed by atoms with Crippen LogP contribution in [-0.4, -0.2) is 28.0 Å². The van der Waals surface area contributed by atoms with Gasteiger partial charge in [-0.2, -0.15) is 0 Å². The summed E-state index contributed by atoms with van der Waals surface area (Å²) in [5, 5.41) is 0. The molecule has 0 aromatic heterocycles. The third-order valence-corrected chi connectivity index (χ3v) is 3.51. The fourth-order valence-electron chi connectivity index (χ4n) is 0.787. The number of ether oxygens (including phenoxy) is 1. The van der Waals surface area contributed by atoms with Crippen LogP contribution in [-0.2, 0) is 0 Å². The molecule has 0 aliphatic carbocycles. The Balaban J connectivity index is 2.96. The van der Waals surface area contributed by atoms with Gasteiger partial charge in [-0.25, -0.2) is 0 Å². The predicted octanol–water partition coefficient (Wildman–Crippen LogP) is 1.07. The Morgan fingerprint density at radius 1 is 1.30 bits per heavy atom. The van der Waals surface area contributed by atoms with Gasteiger partial charge in [-0.15, -0.1) is 0 Å². The van der Waals surface area contributed by atoms with Crippen LogP contribution in [0, 0.1) is 0 Å². The number of rotatable bonds is 2. The zero-order valence-electron chi connectivity index (χ0n) is 6.13. The summed E-state index contributed by atoms with van der Waals surface area (Å²) in [6, 6.07) is 8.22. The van der Waals surface area contributed by atoms with E-state index in [1.165, 1.54) is 3.61 Å². The van der Waals surface area contributed by atoms with Crippen LogP contribution in [0.25, 0.3) is 0 Å². The zero-order chi connectivity index (χ0) is 7.40. The molecule has 0 bridgehead atoms. The fourth-order valence-corrected chi connectivity index (χ4v) is 2.41. The van der Waals surface area contributed by atoms with Crippen LogP contribution in [0.15, 0.2) is 24.3 Å². The van der Waals surface area contributed by atoms with Crippen molar-refractivity contribution in [1.82, 2.24) is 0 Å². The Morgan fingerprint density at radius 2 is 2.00 bits per heavy atom. The molecule has 0 amide bonds. The van der Waals surface area contributed by atoms with E-state index in [9.17, 15) is 0 Å². The van der Waals surface area contributed by atoms with E-state index in [0.717, 1.165) is 5.75 Å². The van der Waals surface area contributed by atoms with E-state index in [1.54, 1.807) is 7.11 Å². The van der Waals surface area contributed by atoms with Gasteiger partial charge in [-0.1, -0.05) is 0 Å². The summed E-state index contributed by atoms with van der Waals surface area (Å²) in [4.78, 5) is 2.25. The van der Waals surface area contributed by atoms with Crippen molar-refractivity contribution in [3.63, 3.8) is 0 Å². The van der Waals surface area contributed by atoms with Crippen LogP contribution in [0.2, 0.25) is 4.97 Å².